The molecule has 0 aliphatic carbocycles. The molecule has 1 amide bonds. The van der Waals surface area contributed by atoms with E-state index in [1.807, 2.05) is 6.92 Å². The van der Waals surface area contributed by atoms with E-state index in [4.69, 9.17) is 9.84 Å². The second-order valence-electron chi connectivity index (χ2n) is 4.73. The Bertz CT molecular complexity index is 521. The lowest BCUT2D eigenvalue weighted by molar-refractivity contribution is -0.132. The van der Waals surface area contributed by atoms with Crippen molar-refractivity contribution in [3.8, 4) is 0 Å². The molecule has 1 fully saturated rings. The highest BCUT2D eigenvalue weighted by molar-refractivity contribution is 5.92. The van der Waals surface area contributed by atoms with Gasteiger partial charge in [0, 0.05) is 19.2 Å². The van der Waals surface area contributed by atoms with Crippen molar-refractivity contribution < 1.29 is 19.4 Å². The maximum Gasteiger partial charge on any atom is 0.335 e. The minimum absolute atomic E-state index is 0.0533. The molecule has 20 heavy (non-hydrogen) atoms. The van der Waals surface area contributed by atoms with E-state index in [0.717, 1.165) is 5.56 Å². The summed E-state index contributed by atoms with van der Waals surface area (Å²) < 4.78 is 5.38. The average molecular weight is 275 g/mol. The molecule has 1 saturated heterocycles. The number of benzene rings is 1. The van der Waals surface area contributed by atoms with Crippen LogP contribution in [0.1, 0.15) is 22.8 Å². The SMILES string of the molecule is CC1CN(C(=O)/C=C/c2ccc(C(=O)O)cc2)CCO1. The normalized spacial score (nSPS) is 19.2. The lowest BCUT2D eigenvalue weighted by Gasteiger charge is -2.30. The number of carbonyl (C=O) groups excluding carboxylic acids is 1. The van der Waals surface area contributed by atoms with Crippen molar-refractivity contribution in [3.05, 3.63) is 41.5 Å². The molecule has 0 spiro atoms. The molecule has 0 bridgehead atoms. The van der Waals surface area contributed by atoms with Gasteiger partial charge in [-0.05, 0) is 30.7 Å². The predicted octanol–water partition coefficient (Wildman–Crippen LogP) is 1.65. The molecule has 5 nitrogen and oxygen atoms in total. The minimum Gasteiger partial charge on any atom is -0.478 e. The van der Waals surface area contributed by atoms with Crippen LogP contribution in [0.4, 0.5) is 0 Å². The van der Waals surface area contributed by atoms with Crippen LogP contribution < -0.4 is 0 Å². The summed E-state index contributed by atoms with van der Waals surface area (Å²) in [4.78, 5) is 24.5. The van der Waals surface area contributed by atoms with Gasteiger partial charge >= 0.3 is 5.97 Å². The highest BCUT2D eigenvalue weighted by Crippen LogP contribution is 2.08. The molecule has 1 heterocycles. The molecule has 1 unspecified atom stereocenters. The third-order valence-corrected chi connectivity index (χ3v) is 3.13. The van der Waals surface area contributed by atoms with Crippen molar-refractivity contribution in [3.63, 3.8) is 0 Å². The lowest BCUT2D eigenvalue weighted by Crippen LogP contribution is -2.43. The maximum atomic E-state index is 12.0. The standard InChI is InChI=1S/C15H17NO4/c1-11-10-16(8-9-20-11)14(17)7-4-12-2-5-13(6-3-12)15(18)19/h2-7,11H,8-10H2,1H3,(H,18,19)/b7-4+. The molecule has 1 aromatic rings. The summed E-state index contributed by atoms with van der Waals surface area (Å²) in [5, 5.41) is 8.80. The highest BCUT2D eigenvalue weighted by Gasteiger charge is 2.19. The van der Waals surface area contributed by atoms with Gasteiger partial charge in [0.25, 0.3) is 0 Å². The summed E-state index contributed by atoms with van der Waals surface area (Å²) in [5.41, 5.74) is 1.03. The number of amides is 1. The van der Waals surface area contributed by atoms with Gasteiger partial charge in [0.05, 0.1) is 18.3 Å². The number of carbonyl (C=O) groups is 2. The van der Waals surface area contributed by atoms with Crippen molar-refractivity contribution in [2.75, 3.05) is 19.7 Å². The van der Waals surface area contributed by atoms with Crippen LogP contribution >= 0.6 is 0 Å². The van der Waals surface area contributed by atoms with Gasteiger partial charge in [-0.2, -0.15) is 0 Å². The number of ether oxygens (including phenoxy) is 1. The third-order valence-electron chi connectivity index (χ3n) is 3.13. The van der Waals surface area contributed by atoms with E-state index in [1.165, 1.54) is 18.2 Å². The third kappa shape index (κ3) is 3.68. The van der Waals surface area contributed by atoms with Gasteiger partial charge in [-0.1, -0.05) is 12.1 Å². The average Bonchev–Trinajstić information content (AvgIpc) is 2.45. The monoisotopic (exact) mass is 275 g/mol. The van der Waals surface area contributed by atoms with Crippen molar-refractivity contribution in [2.24, 2.45) is 0 Å². The fourth-order valence-electron chi connectivity index (χ4n) is 2.03. The van der Waals surface area contributed by atoms with Gasteiger partial charge in [0.1, 0.15) is 0 Å². The fourth-order valence-corrected chi connectivity index (χ4v) is 2.03. The Morgan fingerprint density at radius 2 is 2.05 bits per heavy atom. The number of hydrogen-bond acceptors (Lipinski definition) is 3. The van der Waals surface area contributed by atoms with Crippen LogP contribution in [0.3, 0.4) is 0 Å². The first-order valence-corrected chi connectivity index (χ1v) is 6.48. The van der Waals surface area contributed by atoms with Crippen LogP contribution in [0.2, 0.25) is 0 Å². The first-order valence-electron chi connectivity index (χ1n) is 6.48. The minimum atomic E-state index is -0.959. The molecule has 1 atom stereocenters. The van der Waals surface area contributed by atoms with Crippen LogP contribution in [-0.2, 0) is 9.53 Å². The second-order valence-corrected chi connectivity index (χ2v) is 4.73. The number of aromatic carboxylic acids is 1. The van der Waals surface area contributed by atoms with Crippen LogP contribution in [0.5, 0.6) is 0 Å². The molecule has 5 heteroatoms. The van der Waals surface area contributed by atoms with E-state index in [2.05, 4.69) is 0 Å². The Labute approximate surface area is 117 Å². The summed E-state index contributed by atoms with van der Waals surface area (Å²) in [6.45, 7) is 3.70. The molecule has 0 saturated carbocycles. The van der Waals surface area contributed by atoms with E-state index in [1.54, 1.807) is 23.1 Å². The van der Waals surface area contributed by atoms with Crippen LogP contribution in [0, 0.1) is 0 Å². The molecule has 0 radical (unpaired) electrons. The summed E-state index contributed by atoms with van der Waals surface area (Å²) in [6.07, 6.45) is 3.26. The van der Waals surface area contributed by atoms with Crippen LogP contribution in [0.15, 0.2) is 30.3 Å². The molecule has 0 aromatic heterocycles. The Hall–Kier alpha value is -2.14. The number of carboxylic acids is 1. The molecule has 1 aliphatic rings. The van der Waals surface area contributed by atoms with Gasteiger partial charge in [-0.3, -0.25) is 4.79 Å². The smallest absolute Gasteiger partial charge is 0.335 e. The number of nitrogens with zero attached hydrogens (tertiary/aromatic N) is 1. The summed E-state index contributed by atoms with van der Waals surface area (Å²) >= 11 is 0. The van der Waals surface area contributed by atoms with Gasteiger partial charge in [-0.15, -0.1) is 0 Å². The van der Waals surface area contributed by atoms with E-state index < -0.39 is 5.97 Å². The van der Waals surface area contributed by atoms with Gasteiger partial charge in [0.15, 0.2) is 0 Å². The number of hydrogen-bond donors (Lipinski definition) is 1. The Balaban J connectivity index is 1.97. The van der Waals surface area contributed by atoms with Crippen molar-refractivity contribution in [1.82, 2.24) is 4.90 Å². The highest BCUT2D eigenvalue weighted by atomic mass is 16.5. The van der Waals surface area contributed by atoms with Crippen LogP contribution in [-0.4, -0.2) is 47.7 Å². The Morgan fingerprint density at radius 1 is 1.35 bits per heavy atom. The van der Waals surface area contributed by atoms with Crippen molar-refractivity contribution in [1.29, 1.82) is 0 Å². The molecule has 1 N–H and O–H groups in total. The van der Waals surface area contributed by atoms with Crippen molar-refractivity contribution >= 4 is 18.0 Å². The Kier molecular flexibility index (Phi) is 4.53. The number of morpholine rings is 1. The number of carboxylic acid groups (broad SMARTS) is 1. The fraction of sp³-hybridized carbons (Fsp3) is 0.333. The second kappa shape index (κ2) is 6.34. The van der Waals surface area contributed by atoms with Gasteiger partial charge in [-0.25, -0.2) is 4.79 Å². The zero-order chi connectivity index (χ0) is 14.5. The Morgan fingerprint density at radius 3 is 2.65 bits per heavy atom. The molecular weight excluding hydrogens is 258 g/mol. The zero-order valence-electron chi connectivity index (χ0n) is 11.3. The molecule has 106 valence electrons. The summed E-state index contributed by atoms with van der Waals surface area (Å²) in [6, 6.07) is 6.39. The maximum absolute atomic E-state index is 12.0. The molecular formula is C15H17NO4. The molecule has 1 aromatic carbocycles. The lowest BCUT2D eigenvalue weighted by atomic mass is 10.1. The molecule has 2 rings (SSSR count). The first kappa shape index (κ1) is 14.3. The largest absolute Gasteiger partial charge is 0.478 e. The topological polar surface area (TPSA) is 66.8 Å². The first-order chi connectivity index (χ1) is 9.56. The number of rotatable bonds is 3. The zero-order valence-corrected chi connectivity index (χ0v) is 11.3. The van der Waals surface area contributed by atoms with Crippen molar-refractivity contribution in [2.45, 2.75) is 13.0 Å². The molecule has 1 aliphatic heterocycles. The van der Waals surface area contributed by atoms with E-state index in [-0.39, 0.29) is 17.6 Å². The van der Waals surface area contributed by atoms with Gasteiger partial charge < -0.3 is 14.7 Å². The van der Waals surface area contributed by atoms with E-state index >= 15 is 0 Å². The predicted molar refractivity (Wildman–Crippen MR) is 74.4 cm³/mol. The quantitative estimate of drug-likeness (QED) is 0.852. The van der Waals surface area contributed by atoms with E-state index in [0.29, 0.717) is 19.7 Å². The summed E-state index contributed by atoms with van der Waals surface area (Å²) in [5.74, 6) is -1.01. The summed E-state index contributed by atoms with van der Waals surface area (Å²) in [7, 11) is 0. The van der Waals surface area contributed by atoms with E-state index in [9.17, 15) is 9.59 Å². The van der Waals surface area contributed by atoms with Crippen LogP contribution in [0.25, 0.3) is 6.08 Å². The van der Waals surface area contributed by atoms with Gasteiger partial charge in [0.2, 0.25) is 5.91 Å².